The zero-order chi connectivity index (χ0) is 20.6. The van der Waals surface area contributed by atoms with E-state index in [1.54, 1.807) is 0 Å². The molecule has 0 aliphatic rings. The van der Waals surface area contributed by atoms with E-state index in [1.807, 2.05) is 20.8 Å². The number of thiazole rings is 1. The summed E-state index contributed by atoms with van der Waals surface area (Å²) in [6, 6.07) is 0. The smallest absolute Gasteiger partial charge is 0.357 e. The number of nitrogens with zero attached hydrogens (tertiary/aromatic N) is 4. The van der Waals surface area contributed by atoms with Gasteiger partial charge in [-0.05, 0) is 13.3 Å². The Hall–Kier alpha value is -2.17. The number of nitrogens with one attached hydrogen (secondary N) is 2. The molecule has 11 heteroatoms. The van der Waals surface area contributed by atoms with Crippen LogP contribution in [0.25, 0.3) is 0 Å². The molecule has 0 aliphatic carbocycles. The SMILES string of the molecule is CCNC(=NCCCc1nc(C(C)C)no1)NCCc1nc(C(F)(F)F)cs1. The first-order valence-electron chi connectivity index (χ1n) is 9.15. The van der Waals surface area contributed by atoms with Crippen LogP contribution in [0.1, 0.15) is 55.5 Å². The average Bonchev–Trinajstić information content (AvgIpc) is 3.28. The van der Waals surface area contributed by atoms with Crippen molar-refractivity contribution in [1.82, 2.24) is 25.8 Å². The Bertz CT molecular complexity index is 756. The maximum atomic E-state index is 12.6. The van der Waals surface area contributed by atoms with Crippen LogP contribution in [0.5, 0.6) is 0 Å². The van der Waals surface area contributed by atoms with Gasteiger partial charge in [0.05, 0.1) is 5.01 Å². The minimum atomic E-state index is -4.40. The third-order valence-electron chi connectivity index (χ3n) is 3.64. The number of rotatable bonds is 9. The lowest BCUT2D eigenvalue weighted by atomic mass is 10.2. The van der Waals surface area contributed by atoms with Gasteiger partial charge in [-0.3, -0.25) is 4.99 Å². The molecule has 0 spiro atoms. The number of hydrogen-bond donors (Lipinski definition) is 2. The van der Waals surface area contributed by atoms with Gasteiger partial charge in [0.25, 0.3) is 0 Å². The van der Waals surface area contributed by atoms with Gasteiger partial charge < -0.3 is 15.2 Å². The lowest BCUT2D eigenvalue weighted by molar-refractivity contribution is -0.140. The van der Waals surface area contributed by atoms with Gasteiger partial charge in [0.2, 0.25) is 5.89 Å². The Balaban J connectivity index is 1.75. The van der Waals surface area contributed by atoms with Crippen LogP contribution in [0, 0.1) is 0 Å². The summed E-state index contributed by atoms with van der Waals surface area (Å²) < 4.78 is 42.9. The molecule has 0 aromatic carbocycles. The van der Waals surface area contributed by atoms with Crippen molar-refractivity contribution in [2.45, 2.75) is 52.1 Å². The Morgan fingerprint density at radius 2 is 2.04 bits per heavy atom. The van der Waals surface area contributed by atoms with Gasteiger partial charge in [0, 0.05) is 43.8 Å². The van der Waals surface area contributed by atoms with Crippen molar-refractivity contribution in [3.8, 4) is 0 Å². The van der Waals surface area contributed by atoms with Crippen LogP contribution in [0.15, 0.2) is 14.9 Å². The van der Waals surface area contributed by atoms with E-state index in [-0.39, 0.29) is 5.92 Å². The minimum Gasteiger partial charge on any atom is -0.357 e. The standard InChI is InChI=1S/C17H25F3N6OS/c1-4-21-16(22-8-5-6-13-25-15(11(2)3)26-27-13)23-9-7-14-24-12(10-28-14)17(18,19)20/h10-11H,4-9H2,1-3H3,(H2,21,22,23). The number of halogens is 3. The maximum Gasteiger partial charge on any atom is 0.434 e. The monoisotopic (exact) mass is 418 g/mol. The average molecular weight is 418 g/mol. The van der Waals surface area contributed by atoms with Crippen molar-refractivity contribution in [1.29, 1.82) is 0 Å². The quantitative estimate of drug-likeness (QED) is 0.369. The molecule has 0 fully saturated rings. The summed E-state index contributed by atoms with van der Waals surface area (Å²) in [4.78, 5) is 12.4. The molecule has 7 nitrogen and oxygen atoms in total. The molecular weight excluding hydrogens is 393 g/mol. The summed E-state index contributed by atoms with van der Waals surface area (Å²) in [5, 5.41) is 11.6. The van der Waals surface area contributed by atoms with Gasteiger partial charge in [-0.1, -0.05) is 19.0 Å². The molecule has 2 N–H and O–H groups in total. The van der Waals surface area contributed by atoms with Crippen LogP contribution in [0.3, 0.4) is 0 Å². The molecule has 0 saturated heterocycles. The second kappa shape index (κ2) is 10.4. The fourth-order valence-corrected chi connectivity index (χ4v) is 3.02. The molecule has 156 valence electrons. The first-order chi connectivity index (χ1) is 13.3. The Morgan fingerprint density at radius 1 is 1.25 bits per heavy atom. The van der Waals surface area contributed by atoms with Crippen LogP contribution in [-0.4, -0.2) is 40.7 Å². The highest BCUT2D eigenvalue weighted by Crippen LogP contribution is 2.29. The number of aryl methyl sites for hydroxylation is 1. The third-order valence-corrected chi connectivity index (χ3v) is 4.55. The molecule has 2 aromatic rings. The molecular formula is C17H25F3N6OS. The molecule has 0 amide bonds. The van der Waals surface area contributed by atoms with Crippen molar-refractivity contribution in [3.05, 3.63) is 27.8 Å². The summed E-state index contributed by atoms with van der Waals surface area (Å²) in [5.41, 5.74) is -0.838. The van der Waals surface area contributed by atoms with Crippen molar-refractivity contribution in [3.63, 3.8) is 0 Å². The number of aliphatic imine (C=N–C) groups is 1. The molecule has 2 heterocycles. The van der Waals surface area contributed by atoms with Gasteiger partial charge in [-0.25, -0.2) is 4.98 Å². The first-order valence-corrected chi connectivity index (χ1v) is 10.0. The summed E-state index contributed by atoms with van der Waals surface area (Å²) >= 11 is 1.01. The van der Waals surface area contributed by atoms with E-state index in [9.17, 15) is 13.2 Å². The van der Waals surface area contributed by atoms with Gasteiger partial charge in [-0.15, -0.1) is 11.3 Å². The predicted molar refractivity (Wildman–Crippen MR) is 102 cm³/mol. The Labute approximate surface area is 165 Å². The lowest BCUT2D eigenvalue weighted by Gasteiger charge is -2.10. The molecule has 0 aliphatic heterocycles. The Morgan fingerprint density at radius 3 is 2.64 bits per heavy atom. The molecule has 0 atom stereocenters. The molecule has 0 saturated carbocycles. The summed E-state index contributed by atoms with van der Waals surface area (Å²) in [5.74, 6) is 2.14. The summed E-state index contributed by atoms with van der Waals surface area (Å²) in [6.07, 6.45) is -2.61. The van der Waals surface area contributed by atoms with Crippen LogP contribution in [-0.2, 0) is 19.0 Å². The molecule has 28 heavy (non-hydrogen) atoms. The van der Waals surface area contributed by atoms with E-state index in [2.05, 4.69) is 30.8 Å². The van der Waals surface area contributed by atoms with Gasteiger partial charge in [0.15, 0.2) is 17.5 Å². The molecule has 2 aromatic heterocycles. The van der Waals surface area contributed by atoms with E-state index in [4.69, 9.17) is 4.52 Å². The van der Waals surface area contributed by atoms with Crippen LogP contribution < -0.4 is 10.6 Å². The van der Waals surface area contributed by atoms with Crippen LogP contribution in [0.4, 0.5) is 13.2 Å². The third kappa shape index (κ3) is 7.10. The lowest BCUT2D eigenvalue weighted by Crippen LogP contribution is -2.38. The highest BCUT2D eigenvalue weighted by molar-refractivity contribution is 7.09. The minimum absolute atomic E-state index is 0.227. The Kier molecular flexibility index (Phi) is 8.21. The van der Waals surface area contributed by atoms with Crippen molar-refractivity contribution in [2.75, 3.05) is 19.6 Å². The maximum absolute atomic E-state index is 12.6. The molecule has 0 radical (unpaired) electrons. The largest absolute Gasteiger partial charge is 0.434 e. The number of hydrogen-bond acceptors (Lipinski definition) is 6. The second-order valence-corrected chi connectivity index (χ2v) is 7.31. The fraction of sp³-hybridized carbons (Fsp3) is 0.647. The van der Waals surface area contributed by atoms with Crippen molar-refractivity contribution < 1.29 is 17.7 Å². The zero-order valence-electron chi connectivity index (χ0n) is 16.1. The van der Waals surface area contributed by atoms with E-state index >= 15 is 0 Å². The van der Waals surface area contributed by atoms with Crippen LogP contribution >= 0.6 is 11.3 Å². The summed E-state index contributed by atoms with van der Waals surface area (Å²) in [6.45, 7) is 7.64. The van der Waals surface area contributed by atoms with Gasteiger partial charge in [-0.2, -0.15) is 18.2 Å². The van der Waals surface area contributed by atoms with Crippen LogP contribution in [0.2, 0.25) is 0 Å². The zero-order valence-corrected chi connectivity index (χ0v) is 17.0. The van der Waals surface area contributed by atoms with Crippen molar-refractivity contribution >= 4 is 17.3 Å². The van der Waals surface area contributed by atoms with Crippen molar-refractivity contribution in [2.24, 2.45) is 4.99 Å². The number of guanidine groups is 1. The first kappa shape index (κ1) is 22.1. The topological polar surface area (TPSA) is 88.2 Å². The number of aromatic nitrogens is 3. The molecule has 0 unspecified atom stereocenters. The number of alkyl halides is 3. The van der Waals surface area contributed by atoms with Gasteiger partial charge in [0.1, 0.15) is 0 Å². The summed E-state index contributed by atoms with van der Waals surface area (Å²) in [7, 11) is 0. The highest BCUT2D eigenvalue weighted by atomic mass is 32.1. The van der Waals surface area contributed by atoms with E-state index in [0.717, 1.165) is 23.1 Å². The second-order valence-electron chi connectivity index (χ2n) is 6.37. The molecule has 0 bridgehead atoms. The van der Waals surface area contributed by atoms with E-state index in [0.29, 0.717) is 55.2 Å². The van der Waals surface area contributed by atoms with Gasteiger partial charge >= 0.3 is 6.18 Å². The highest BCUT2D eigenvalue weighted by Gasteiger charge is 2.33. The molecule has 2 rings (SSSR count). The van der Waals surface area contributed by atoms with E-state index < -0.39 is 11.9 Å². The predicted octanol–water partition coefficient (Wildman–Crippen LogP) is 3.40. The normalized spacial score (nSPS) is 12.6. The fourth-order valence-electron chi connectivity index (χ4n) is 2.21. The van der Waals surface area contributed by atoms with E-state index in [1.165, 1.54) is 0 Å².